The fourth-order valence-corrected chi connectivity index (χ4v) is 4.06. The van der Waals surface area contributed by atoms with E-state index in [1.54, 1.807) is 18.2 Å². The van der Waals surface area contributed by atoms with Crippen molar-refractivity contribution in [2.75, 3.05) is 0 Å². The van der Waals surface area contributed by atoms with Gasteiger partial charge in [0.2, 0.25) is 5.78 Å². The number of benzene rings is 3. The molecule has 0 radical (unpaired) electrons. The molecule has 0 unspecified atom stereocenters. The number of aromatic nitrogens is 1. The predicted molar refractivity (Wildman–Crippen MR) is 123 cm³/mol. The fourth-order valence-electron chi connectivity index (χ4n) is 3.84. The monoisotopic (exact) mass is 429 g/mol. The number of para-hydroxylation sites is 1. The topological polar surface area (TPSA) is 40.5 Å². The van der Waals surface area contributed by atoms with Crippen LogP contribution in [0.4, 0.5) is 0 Å². The molecule has 0 bridgehead atoms. The van der Waals surface area contributed by atoms with Crippen molar-refractivity contribution in [3.63, 3.8) is 0 Å². The molecule has 1 aliphatic heterocycles. The second-order valence-corrected chi connectivity index (χ2v) is 7.84. The van der Waals surface area contributed by atoms with Gasteiger partial charge in [-0.15, -0.1) is 0 Å². The van der Waals surface area contributed by atoms with Gasteiger partial charge in [0.05, 0.1) is 5.56 Å². The smallest absolute Gasteiger partial charge is 0.231 e. The molecule has 5 heteroatoms. The van der Waals surface area contributed by atoms with Crippen LogP contribution in [0.3, 0.4) is 0 Å². The van der Waals surface area contributed by atoms with Crippen molar-refractivity contribution >= 4 is 34.4 Å². The van der Waals surface area contributed by atoms with Crippen LogP contribution in [0, 0.1) is 0 Å². The number of nitrogens with zero attached hydrogens (tertiary/aromatic N) is 1. The lowest BCUT2D eigenvalue weighted by Gasteiger charge is -2.07. The first kappa shape index (κ1) is 19.5. The molecule has 1 aromatic heterocycles. The highest BCUT2D eigenvalue weighted by atomic mass is 35.5. The molecule has 0 fully saturated rings. The first-order valence-corrected chi connectivity index (χ1v) is 10.5. The molecular weight excluding hydrogens is 410 g/mol. The molecule has 5 rings (SSSR count). The summed E-state index contributed by atoms with van der Waals surface area (Å²) < 4.78 is 14.0. The maximum absolute atomic E-state index is 12.9. The van der Waals surface area contributed by atoms with E-state index in [-0.39, 0.29) is 5.78 Å². The van der Waals surface area contributed by atoms with E-state index in [4.69, 9.17) is 21.1 Å². The lowest BCUT2D eigenvalue weighted by Crippen LogP contribution is -1.98. The molecule has 0 spiro atoms. The minimum absolute atomic E-state index is 0.121. The number of carbonyl (C=O) groups is 1. The van der Waals surface area contributed by atoms with E-state index in [1.165, 1.54) is 0 Å². The zero-order valence-corrected chi connectivity index (χ0v) is 17.7. The van der Waals surface area contributed by atoms with Gasteiger partial charge in [0, 0.05) is 40.3 Å². The third kappa shape index (κ3) is 3.71. The van der Waals surface area contributed by atoms with Gasteiger partial charge in [0.25, 0.3) is 0 Å². The highest BCUT2D eigenvalue weighted by molar-refractivity contribution is 6.30. The number of rotatable bonds is 5. The average molecular weight is 430 g/mol. The summed E-state index contributed by atoms with van der Waals surface area (Å²) in [5.41, 5.74) is 3.61. The fraction of sp³-hybridized carbons (Fsp3) is 0.115. The third-order valence-corrected chi connectivity index (χ3v) is 5.62. The highest BCUT2D eigenvalue weighted by Gasteiger charge is 2.28. The molecule has 0 N–H and O–H groups in total. The molecule has 2 heterocycles. The first-order chi connectivity index (χ1) is 15.1. The van der Waals surface area contributed by atoms with Crippen LogP contribution in [0.5, 0.6) is 11.5 Å². The van der Waals surface area contributed by atoms with E-state index in [0.717, 1.165) is 28.6 Å². The van der Waals surface area contributed by atoms with E-state index >= 15 is 0 Å². The van der Waals surface area contributed by atoms with Crippen LogP contribution in [0.15, 0.2) is 78.7 Å². The highest BCUT2D eigenvalue weighted by Crippen LogP contribution is 2.36. The SMILES string of the molecule is CCn1cc(/C=C2/Oc3cc(OCc4cccc(Cl)c4)ccc3C2=O)c2ccccc21. The van der Waals surface area contributed by atoms with Crippen molar-refractivity contribution < 1.29 is 14.3 Å². The number of halogens is 1. The van der Waals surface area contributed by atoms with Crippen molar-refractivity contribution in [3.05, 3.63) is 100 Å². The molecule has 31 heavy (non-hydrogen) atoms. The minimum Gasteiger partial charge on any atom is -0.489 e. The van der Waals surface area contributed by atoms with Crippen LogP contribution in [-0.4, -0.2) is 10.4 Å². The second kappa shape index (κ2) is 7.97. The van der Waals surface area contributed by atoms with E-state index in [2.05, 4.69) is 29.8 Å². The summed E-state index contributed by atoms with van der Waals surface area (Å²) in [5.74, 6) is 1.35. The Morgan fingerprint density at radius 1 is 1.06 bits per heavy atom. The number of hydrogen-bond donors (Lipinski definition) is 0. The predicted octanol–water partition coefficient (Wildman–Crippen LogP) is 6.51. The van der Waals surface area contributed by atoms with Crippen molar-refractivity contribution in [1.82, 2.24) is 4.57 Å². The van der Waals surface area contributed by atoms with Gasteiger partial charge in [0.1, 0.15) is 18.1 Å². The number of carbonyl (C=O) groups excluding carboxylic acids is 1. The Balaban J connectivity index is 1.40. The van der Waals surface area contributed by atoms with E-state index in [9.17, 15) is 4.79 Å². The Morgan fingerprint density at radius 2 is 1.94 bits per heavy atom. The molecule has 0 saturated carbocycles. The molecule has 154 valence electrons. The van der Waals surface area contributed by atoms with Gasteiger partial charge in [-0.25, -0.2) is 0 Å². The molecular formula is C26H20ClNO3. The average Bonchev–Trinajstić information content (AvgIpc) is 3.30. The number of fused-ring (bicyclic) bond motifs is 2. The summed E-state index contributed by atoms with van der Waals surface area (Å²) in [6.45, 7) is 3.33. The van der Waals surface area contributed by atoms with Gasteiger partial charge in [-0.3, -0.25) is 4.79 Å². The molecule has 0 saturated heterocycles. The number of ketones is 1. The standard InChI is InChI=1S/C26H20ClNO3/c1-2-28-15-18(21-8-3-4-9-23(21)28)13-25-26(29)22-11-10-20(14-24(22)31-25)30-16-17-6-5-7-19(27)12-17/h3-15H,2,16H2,1H3/b25-13+. The summed E-state index contributed by atoms with van der Waals surface area (Å²) in [5, 5.41) is 1.76. The van der Waals surface area contributed by atoms with Gasteiger partial charge in [-0.05, 0) is 48.9 Å². The zero-order chi connectivity index (χ0) is 21.4. The molecule has 1 aliphatic rings. The Hall–Kier alpha value is -3.50. The Labute approximate surface area is 185 Å². The summed E-state index contributed by atoms with van der Waals surface area (Å²) >= 11 is 6.03. The van der Waals surface area contributed by atoms with Gasteiger partial charge < -0.3 is 14.0 Å². The maximum atomic E-state index is 12.9. The van der Waals surface area contributed by atoms with E-state index < -0.39 is 0 Å². The minimum atomic E-state index is -0.121. The van der Waals surface area contributed by atoms with Crippen LogP contribution < -0.4 is 9.47 Å². The number of ether oxygens (including phenoxy) is 2. The lowest BCUT2D eigenvalue weighted by molar-refractivity contribution is 0.101. The van der Waals surface area contributed by atoms with Crippen LogP contribution in [0.2, 0.25) is 5.02 Å². The second-order valence-electron chi connectivity index (χ2n) is 7.40. The molecule has 0 atom stereocenters. The van der Waals surface area contributed by atoms with Crippen molar-refractivity contribution in [2.45, 2.75) is 20.1 Å². The van der Waals surface area contributed by atoms with Gasteiger partial charge >= 0.3 is 0 Å². The van der Waals surface area contributed by atoms with Gasteiger partial charge in [-0.1, -0.05) is 41.9 Å². The Morgan fingerprint density at radius 3 is 2.77 bits per heavy atom. The summed E-state index contributed by atoms with van der Waals surface area (Å²) in [4.78, 5) is 12.9. The molecule has 4 aromatic rings. The van der Waals surface area contributed by atoms with E-state index in [1.807, 2.05) is 42.5 Å². The molecule has 0 amide bonds. The van der Waals surface area contributed by atoms with Gasteiger partial charge in [0.15, 0.2) is 5.76 Å². The number of allylic oxidation sites excluding steroid dienone is 1. The van der Waals surface area contributed by atoms with Crippen LogP contribution >= 0.6 is 11.6 Å². The summed E-state index contributed by atoms with van der Waals surface area (Å²) in [7, 11) is 0. The largest absolute Gasteiger partial charge is 0.489 e. The molecule has 4 nitrogen and oxygen atoms in total. The lowest BCUT2D eigenvalue weighted by atomic mass is 10.1. The molecule has 0 aliphatic carbocycles. The van der Waals surface area contributed by atoms with Crippen molar-refractivity contribution in [2.24, 2.45) is 0 Å². The number of aryl methyl sites for hydroxylation is 1. The van der Waals surface area contributed by atoms with E-state index in [0.29, 0.717) is 34.5 Å². The summed E-state index contributed by atoms with van der Waals surface area (Å²) in [6, 6.07) is 21.0. The zero-order valence-electron chi connectivity index (χ0n) is 17.0. The molecule has 3 aromatic carbocycles. The maximum Gasteiger partial charge on any atom is 0.231 e. The van der Waals surface area contributed by atoms with Crippen LogP contribution in [-0.2, 0) is 13.2 Å². The van der Waals surface area contributed by atoms with Crippen molar-refractivity contribution in [1.29, 1.82) is 0 Å². The Bertz CT molecular complexity index is 1340. The number of Topliss-reactive ketones (excluding diaryl/α,β-unsaturated/α-hetero) is 1. The quantitative estimate of drug-likeness (QED) is 0.339. The summed E-state index contributed by atoms with van der Waals surface area (Å²) in [6.07, 6.45) is 3.88. The third-order valence-electron chi connectivity index (χ3n) is 5.38. The van der Waals surface area contributed by atoms with Crippen LogP contribution in [0.25, 0.3) is 17.0 Å². The van der Waals surface area contributed by atoms with Crippen LogP contribution in [0.1, 0.15) is 28.4 Å². The number of hydrogen-bond acceptors (Lipinski definition) is 3. The first-order valence-electron chi connectivity index (χ1n) is 10.2. The van der Waals surface area contributed by atoms with Crippen molar-refractivity contribution in [3.8, 4) is 11.5 Å². The normalized spacial score (nSPS) is 14.1. The Kier molecular flexibility index (Phi) is 5.00. The van der Waals surface area contributed by atoms with Gasteiger partial charge in [-0.2, -0.15) is 0 Å².